The fourth-order valence-electron chi connectivity index (χ4n) is 4.23. The second-order valence-corrected chi connectivity index (χ2v) is 8.78. The smallest absolute Gasteiger partial charge is 0.270 e. The molecule has 0 saturated carbocycles. The Morgan fingerprint density at radius 3 is 2.70 bits per heavy atom. The summed E-state index contributed by atoms with van der Waals surface area (Å²) in [5.41, 5.74) is 4.26. The number of carbonyl (C=O) groups is 1. The largest absolute Gasteiger partial charge is 0.348 e. The number of likely N-dealkylation sites (tertiary alicyclic amines) is 1. The van der Waals surface area contributed by atoms with Crippen molar-refractivity contribution in [1.82, 2.24) is 24.6 Å². The first kappa shape index (κ1) is 21.6. The molecule has 1 aliphatic heterocycles. The molecule has 33 heavy (non-hydrogen) atoms. The third-order valence-electron chi connectivity index (χ3n) is 6.10. The number of hydrogen-bond acceptors (Lipinski definition) is 4. The van der Waals surface area contributed by atoms with Crippen molar-refractivity contribution < 1.29 is 9.18 Å². The van der Waals surface area contributed by atoms with Gasteiger partial charge in [-0.2, -0.15) is 0 Å². The molecule has 5 rings (SSSR count). The fourth-order valence-corrected chi connectivity index (χ4v) is 4.41. The molecule has 1 aromatic carbocycles. The predicted molar refractivity (Wildman–Crippen MR) is 127 cm³/mol. The maximum absolute atomic E-state index is 13.7. The van der Waals surface area contributed by atoms with Crippen molar-refractivity contribution in [2.24, 2.45) is 0 Å². The lowest BCUT2D eigenvalue weighted by Crippen LogP contribution is -2.43. The number of aromatic nitrogens is 3. The Kier molecular flexibility index (Phi) is 5.83. The van der Waals surface area contributed by atoms with Gasteiger partial charge in [-0.3, -0.25) is 14.2 Å². The number of piperidine rings is 1. The summed E-state index contributed by atoms with van der Waals surface area (Å²) in [4.78, 5) is 24.2. The molecule has 0 unspecified atom stereocenters. The maximum Gasteiger partial charge on any atom is 0.270 e. The van der Waals surface area contributed by atoms with E-state index in [1.807, 2.05) is 30.5 Å². The zero-order valence-electron chi connectivity index (χ0n) is 18.1. The predicted octanol–water partition coefficient (Wildman–Crippen LogP) is 4.68. The van der Waals surface area contributed by atoms with Gasteiger partial charge >= 0.3 is 0 Å². The van der Waals surface area contributed by atoms with E-state index in [4.69, 9.17) is 11.6 Å². The van der Waals surface area contributed by atoms with Crippen LogP contribution in [0.1, 0.15) is 23.3 Å². The van der Waals surface area contributed by atoms with E-state index < -0.39 is 5.82 Å². The van der Waals surface area contributed by atoms with E-state index in [9.17, 15) is 9.18 Å². The zero-order chi connectivity index (χ0) is 22.9. The van der Waals surface area contributed by atoms with Gasteiger partial charge in [0.05, 0.1) is 16.9 Å². The Bertz CT molecular complexity index is 1330. The molecule has 1 fully saturated rings. The number of amides is 1. The SMILES string of the molecule is CN1CCC(NC(=O)c2cnc3ccc(-c4cccnc4-c4ccc(F)c(Cl)c4)cn23)CC1. The molecule has 8 heteroatoms. The molecule has 6 nitrogen and oxygen atoms in total. The third kappa shape index (κ3) is 4.34. The Balaban J connectivity index is 1.49. The molecule has 0 aliphatic carbocycles. The van der Waals surface area contributed by atoms with Crippen LogP contribution in [-0.4, -0.2) is 51.4 Å². The minimum absolute atomic E-state index is 0.0435. The second kappa shape index (κ2) is 8.92. The summed E-state index contributed by atoms with van der Waals surface area (Å²) in [5, 5.41) is 3.20. The number of carbonyl (C=O) groups excluding carboxylic acids is 1. The molecule has 1 amide bonds. The highest BCUT2D eigenvalue weighted by Gasteiger charge is 2.21. The van der Waals surface area contributed by atoms with E-state index in [1.165, 1.54) is 6.07 Å². The van der Waals surface area contributed by atoms with Gasteiger partial charge < -0.3 is 10.2 Å². The Morgan fingerprint density at radius 2 is 1.91 bits per heavy atom. The third-order valence-corrected chi connectivity index (χ3v) is 6.39. The van der Waals surface area contributed by atoms with Gasteiger partial charge in [0.1, 0.15) is 17.2 Å². The van der Waals surface area contributed by atoms with Crippen molar-refractivity contribution in [2.45, 2.75) is 18.9 Å². The highest BCUT2D eigenvalue weighted by atomic mass is 35.5. The number of halogens is 2. The average molecular weight is 464 g/mol. The van der Waals surface area contributed by atoms with Crippen molar-refractivity contribution in [3.63, 3.8) is 0 Å². The van der Waals surface area contributed by atoms with Crippen molar-refractivity contribution in [3.05, 3.63) is 77.6 Å². The van der Waals surface area contributed by atoms with E-state index in [2.05, 4.69) is 27.2 Å². The van der Waals surface area contributed by atoms with Crippen LogP contribution >= 0.6 is 11.6 Å². The molecular weight excluding hydrogens is 441 g/mol. The molecule has 0 radical (unpaired) electrons. The summed E-state index contributed by atoms with van der Waals surface area (Å²) in [6.45, 7) is 1.94. The second-order valence-electron chi connectivity index (χ2n) is 8.37. The van der Waals surface area contributed by atoms with Crippen LogP contribution in [0.3, 0.4) is 0 Å². The van der Waals surface area contributed by atoms with Crippen LogP contribution < -0.4 is 5.32 Å². The van der Waals surface area contributed by atoms with Gasteiger partial charge in [-0.25, -0.2) is 9.37 Å². The lowest BCUT2D eigenvalue weighted by atomic mass is 10.0. The fraction of sp³-hybridized carbons (Fsp3) is 0.240. The van der Waals surface area contributed by atoms with Crippen molar-refractivity contribution in [1.29, 1.82) is 0 Å². The highest BCUT2D eigenvalue weighted by molar-refractivity contribution is 6.31. The number of nitrogens with one attached hydrogen (secondary N) is 1. The van der Waals surface area contributed by atoms with Gasteiger partial charge in [0, 0.05) is 35.1 Å². The number of fused-ring (bicyclic) bond motifs is 1. The first-order chi connectivity index (χ1) is 16.0. The van der Waals surface area contributed by atoms with Crippen LogP contribution in [0, 0.1) is 5.82 Å². The molecule has 1 aliphatic rings. The van der Waals surface area contributed by atoms with Crippen LogP contribution in [0.5, 0.6) is 0 Å². The topological polar surface area (TPSA) is 62.5 Å². The number of nitrogens with zero attached hydrogens (tertiary/aromatic N) is 4. The van der Waals surface area contributed by atoms with Crippen LogP contribution in [0.25, 0.3) is 28.0 Å². The normalized spacial score (nSPS) is 15.1. The van der Waals surface area contributed by atoms with E-state index in [-0.39, 0.29) is 17.0 Å². The van der Waals surface area contributed by atoms with Gasteiger partial charge in [-0.15, -0.1) is 0 Å². The highest BCUT2D eigenvalue weighted by Crippen LogP contribution is 2.32. The lowest BCUT2D eigenvalue weighted by Gasteiger charge is -2.29. The number of pyridine rings is 2. The van der Waals surface area contributed by atoms with E-state index >= 15 is 0 Å². The summed E-state index contributed by atoms with van der Waals surface area (Å²) in [7, 11) is 2.09. The summed E-state index contributed by atoms with van der Waals surface area (Å²) < 4.78 is 15.5. The van der Waals surface area contributed by atoms with Crippen molar-refractivity contribution in [3.8, 4) is 22.4 Å². The lowest BCUT2D eigenvalue weighted by molar-refractivity contribution is 0.0911. The minimum atomic E-state index is -0.474. The van der Waals surface area contributed by atoms with Gasteiger partial charge in [0.15, 0.2) is 0 Å². The van der Waals surface area contributed by atoms with E-state index in [0.29, 0.717) is 22.6 Å². The van der Waals surface area contributed by atoms with Crippen LogP contribution in [0.2, 0.25) is 5.02 Å². The standard InChI is InChI=1S/C25H23ClFN5O/c1-31-11-8-18(9-12-31)30-25(33)22-14-29-23-7-5-17(15-32(22)23)19-3-2-10-28-24(19)16-4-6-21(27)20(26)13-16/h2-7,10,13-15,18H,8-9,11-12H2,1H3,(H,30,33). The number of benzene rings is 1. The molecule has 1 saturated heterocycles. The Hall–Kier alpha value is -3.29. The number of rotatable bonds is 4. The summed E-state index contributed by atoms with van der Waals surface area (Å²) in [6.07, 6.45) is 7.05. The van der Waals surface area contributed by atoms with Gasteiger partial charge in [0.2, 0.25) is 0 Å². The summed E-state index contributed by atoms with van der Waals surface area (Å²) in [5.74, 6) is -0.607. The van der Waals surface area contributed by atoms with Crippen LogP contribution in [-0.2, 0) is 0 Å². The molecule has 0 atom stereocenters. The van der Waals surface area contributed by atoms with Gasteiger partial charge in [-0.1, -0.05) is 17.7 Å². The summed E-state index contributed by atoms with van der Waals surface area (Å²) in [6, 6.07) is 12.3. The number of hydrogen-bond donors (Lipinski definition) is 1. The molecule has 168 valence electrons. The Morgan fingerprint density at radius 1 is 1.12 bits per heavy atom. The first-order valence-corrected chi connectivity index (χ1v) is 11.2. The monoisotopic (exact) mass is 463 g/mol. The van der Waals surface area contributed by atoms with Crippen molar-refractivity contribution in [2.75, 3.05) is 20.1 Å². The van der Waals surface area contributed by atoms with E-state index in [1.54, 1.807) is 28.9 Å². The molecule has 0 spiro atoms. The zero-order valence-corrected chi connectivity index (χ0v) is 18.9. The summed E-state index contributed by atoms with van der Waals surface area (Å²) >= 11 is 6.01. The Labute approximate surface area is 196 Å². The maximum atomic E-state index is 13.7. The molecule has 0 bridgehead atoms. The molecule has 1 N–H and O–H groups in total. The quantitative estimate of drug-likeness (QED) is 0.477. The van der Waals surface area contributed by atoms with E-state index in [0.717, 1.165) is 37.1 Å². The molecular formula is C25H23ClFN5O. The van der Waals surface area contributed by atoms with Gasteiger partial charge in [-0.05, 0) is 69.4 Å². The minimum Gasteiger partial charge on any atom is -0.348 e. The van der Waals surface area contributed by atoms with Crippen molar-refractivity contribution >= 4 is 23.2 Å². The van der Waals surface area contributed by atoms with Crippen LogP contribution in [0.15, 0.2) is 61.1 Å². The molecule has 4 heterocycles. The van der Waals surface area contributed by atoms with Gasteiger partial charge in [0.25, 0.3) is 5.91 Å². The number of imidazole rings is 1. The molecule has 3 aromatic heterocycles. The molecule has 4 aromatic rings. The first-order valence-electron chi connectivity index (χ1n) is 10.9. The average Bonchev–Trinajstić information content (AvgIpc) is 3.26. The van der Waals surface area contributed by atoms with Crippen LogP contribution in [0.4, 0.5) is 4.39 Å².